The number of benzene rings is 1. The van der Waals surface area contributed by atoms with E-state index in [2.05, 4.69) is 0 Å². The molecule has 0 spiro atoms. The van der Waals surface area contributed by atoms with Crippen molar-refractivity contribution in [3.05, 3.63) is 34.6 Å². The molecule has 1 aliphatic rings. The van der Waals surface area contributed by atoms with Crippen molar-refractivity contribution in [1.82, 2.24) is 4.90 Å². The predicted molar refractivity (Wildman–Crippen MR) is 76.4 cm³/mol. The second-order valence-corrected chi connectivity index (χ2v) is 5.75. The lowest BCUT2D eigenvalue weighted by atomic mass is 10.0. The lowest BCUT2D eigenvalue weighted by Crippen LogP contribution is -2.39. The first kappa shape index (κ1) is 15.3. The van der Waals surface area contributed by atoms with Crippen molar-refractivity contribution < 1.29 is 14.3 Å². The summed E-state index contributed by atoms with van der Waals surface area (Å²) in [7, 11) is 0. The summed E-state index contributed by atoms with van der Waals surface area (Å²) in [4.78, 5) is 13.1. The van der Waals surface area contributed by atoms with Gasteiger partial charge in [0.05, 0.1) is 6.54 Å². The summed E-state index contributed by atoms with van der Waals surface area (Å²) in [5.74, 6) is -1.22. The minimum atomic E-state index is -0.845. The molecule has 1 unspecified atom stereocenters. The molecule has 1 saturated carbocycles. The molecule has 5 heteroatoms. The zero-order chi connectivity index (χ0) is 14.7. The van der Waals surface area contributed by atoms with Crippen LogP contribution in [0.15, 0.2) is 18.2 Å². The van der Waals surface area contributed by atoms with Crippen LogP contribution in [-0.2, 0) is 4.79 Å². The standard InChI is InChI=1S/C15H19ClFNO2/c1-10(13-7-6-11(17)8-14(13)16)18(9-15(19)20)12-4-2-3-5-12/h6-8,10,12H,2-5,9H2,1H3,(H,19,20). The van der Waals surface area contributed by atoms with Crippen molar-refractivity contribution in [1.29, 1.82) is 0 Å². The molecule has 1 aromatic carbocycles. The Morgan fingerprint density at radius 3 is 2.70 bits per heavy atom. The van der Waals surface area contributed by atoms with Crippen LogP contribution in [0, 0.1) is 5.82 Å². The Balaban J connectivity index is 2.24. The zero-order valence-electron chi connectivity index (χ0n) is 11.5. The Labute approximate surface area is 123 Å². The molecule has 1 atom stereocenters. The highest BCUT2D eigenvalue weighted by molar-refractivity contribution is 6.31. The van der Waals surface area contributed by atoms with Gasteiger partial charge in [-0.2, -0.15) is 0 Å². The fourth-order valence-electron chi connectivity index (χ4n) is 2.99. The van der Waals surface area contributed by atoms with Crippen LogP contribution in [0.1, 0.15) is 44.2 Å². The molecule has 1 fully saturated rings. The van der Waals surface area contributed by atoms with Gasteiger partial charge in [0, 0.05) is 17.1 Å². The number of carbonyl (C=O) groups is 1. The third-order valence-corrected chi connectivity index (χ3v) is 4.35. The van der Waals surface area contributed by atoms with Crippen LogP contribution in [-0.4, -0.2) is 28.6 Å². The second-order valence-electron chi connectivity index (χ2n) is 5.35. The molecule has 0 amide bonds. The van der Waals surface area contributed by atoms with Gasteiger partial charge in [0.25, 0.3) is 0 Å². The van der Waals surface area contributed by atoms with E-state index in [1.807, 2.05) is 11.8 Å². The van der Waals surface area contributed by atoms with Gasteiger partial charge in [0.2, 0.25) is 0 Å². The maximum Gasteiger partial charge on any atom is 0.317 e. The van der Waals surface area contributed by atoms with E-state index in [4.69, 9.17) is 16.7 Å². The Bertz CT molecular complexity index is 489. The minimum Gasteiger partial charge on any atom is -0.480 e. The topological polar surface area (TPSA) is 40.5 Å². The number of aliphatic carboxylic acids is 1. The zero-order valence-corrected chi connectivity index (χ0v) is 12.2. The molecule has 0 aromatic heterocycles. The first-order valence-corrected chi connectivity index (χ1v) is 7.29. The van der Waals surface area contributed by atoms with E-state index in [0.29, 0.717) is 5.02 Å². The molecule has 0 saturated heterocycles. The molecule has 1 aromatic rings. The average Bonchev–Trinajstić information content (AvgIpc) is 2.88. The molecule has 20 heavy (non-hydrogen) atoms. The summed E-state index contributed by atoms with van der Waals surface area (Å²) in [6, 6.07) is 4.42. The van der Waals surface area contributed by atoms with Crippen molar-refractivity contribution in [2.45, 2.75) is 44.7 Å². The van der Waals surface area contributed by atoms with E-state index in [0.717, 1.165) is 31.2 Å². The monoisotopic (exact) mass is 299 g/mol. The quantitative estimate of drug-likeness (QED) is 0.897. The maximum absolute atomic E-state index is 13.1. The van der Waals surface area contributed by atoms with Crippen LogP contribution in [0.25, 0.3) is 0 Å². The minimum absolute atomic E-state index is 0.0143. The van der Waals surface area contributed by atoms with Gasteiger partial charge in [-0.25, -0.2) is 4.39 Å². The van der Waals surface area contributed by atoms with Gasteiger partial charge in [-0.3, -0.25) is 9.69 Å². The van der Waals surface area contributed by atoms with E-state index in [9.17, 15) is 9.18 Å². The summed E-state index contributed by atoms with van der Waals surface area (Å²) < 4.78 is 13.1. The number of rotatable bonds is 5. The Hall–Kier alpha value is -1.13. The number of carboxylic acid groups (broad SMARTS) is 1. The lowest BCUT2D eigenvalue weighted by molar-refractivity contribution is -0.139. The second kappa shape index (κ2) is 6.55. The number of carboxylic acids is 1. The van der Waals surface area contributed by atoms with Crippen LogP contribution >= 0.6 is 11.6 Å². The van der Waals surface area contributed by atoms with E-state index in [1.165, 1.54) is 12.1 Å². The largest absolute Gasteiger partial charge is 0.480 e. The lowest BCUT2D eigenvalue weighted by Gasteiger charge is -2.33. The molecule has 0 aliphatic heterocycles. The van der Waals surface area contributed by atoms with Gasteiger partial charge in [0.15, 0.2) is 0 Å². The summed E-state index contributed by atoms with van der Waals surface area (Å²) in [6.07, 6.45) is 4.28. The highest BCUT2D eigenvalue weighted by Gasteiger charge is 2.29. The third-order valence-electron chi connectivity index (χ3n) is 4.02. The maximum atomic E-state index is 13.1. The summed E-state index contributed by atoms with van der Waals surface area (Å²) in [6.45, 7) is 1.92. The predicted octanol–water partition coefficient (Wildman–Crippen LogP) is 3.87. The van der Waals surface area contributed by atoms with Crippen molar-refractivity contribution in [2.24, 2.45) is 0 Å². The third kappa shape index (κ3) is 3.49. The van der Waals surface area contributed by atoms with E-state index in [1.54, 1.807) is 6.07 Å². The van der Waals surface area contributed by atoms with Crippen LogP contribution in [0.2, 0.25) is 5.02 Å². The smallest absolute Gasteiger partial charge is 0.317 e. The molecule has 0 heterocycles. The first-order chi connectivity index (χ1) is 9.49. The van der Waals surface area contributed by atoms with Crippen LogP contribution in [0.4, 0.5) is 4.39 Å². The fourth-order valence-corrected chi connectivity index (χ4v) is 3.32. The van der Waals surface area contributed by atoms with E-state index >= 15 is 0 Å². The molecule has 0 bridgehead atoms. The number of hydrogen-bond donors (Lipinski definition) is 1. The number of hydrogen-bond acceptors (Lipinski definition) is 2. The van der Waals surface area contributed by atoms with Gasteiger partial charge in [-0.05, 0) is 37.5 Å². The van der Waals surface area contributed by atoms with Crippen LogP contribution in [0.3, 0.4) is 0 Å². The van der Waals surface area contributed by atoms with Crippen molar-refractivity contribution in [3.63, 3.8) is 0 Å². The molecule has 2 rings (SSSR count). The Morgan fingerprint density at radius 2 is 2.15 bits per heavy atom. The SMILES string of the molecule is CC(c1ccc(F)cc1Cl)N(CC(=O)O)C1CCCC1. The molecule has 1 aliphatic carbocycles. The van der Waals surface area contributed by atoms with Crippen molar-refractivity contribution >= 4 is 17.6 Å². The first-order valence-electron chi connectivity index (χ1n) is 6.91. The average molecular weight is 300 g/mol. The molecular formula is C15H19ClFNO2. The number of halogens is 2. The highest BCUT2D eigenvalue weighted by atomic mass is 35.5. The molecular weight excluding hydrogens is 281 g/mol. The van der Waals surface area contributed by atoms with Gasteiger partial charge >= 0.3 is 5.97 Å². The molecule has 3 nitrogen and oxygen atoms in total. The van der Waals surface area contributed by atoms with E-state index < -0.39 is 5.97 Å². The summed E-state index contributed by atoms with van der Waals surface area (Å²) in [5, 5.41) is 9.47. The highest BCUT2D eigenvalue weighted by Crippen LogP contribution is 2.33. The Morgan fingerprint density at radius 1 is 1.50 bits per heavy atom. The number of nitrogens with zero attached hydrogens (tertiary/aromatic N) is 1. The Kier molecular flexibility index (Phi) is 5.00. The van der Waals surface area contributed by atoms with Gasteiger partial charge < -0.3 is 5.11 Å². The molecule has 110 valence electrons. The van der Waals surface area contributed by atoms with Crippen molar-refractivity contribution in [2.75, 3.05) is 6.54 Å². The van der Waals surface area contributed by atoms with Gasteiger partial charge in [0.1, 0.15) is 5.82 Å². The van der Waals surface area contributed by atoms with Crippen molar-refractivity contribution in [3.8, 4) is 0 Å². The van der Waals surface area contributed by atoms with E-state index in [-0.39, 0.29) is 24.4 Å². The van der Waals surface area contributed by atoms with Gasteiger partial charge in [-0.15, -0.1) is 0 Å². The molecule has 1 N–H and O–H groups in total. The van der Waals surface area contributed by atoms with Crippen LogP contribution in [0.5, 0.6) is 0 Å². The summed E-state index contributed by atoms with van der Waals surface area (Å²) >= 11 is 6.10. The van der Waals surface area contributed by atoms with Gasteiger partial charge in [-0.1, -0.05) is 30.5 Å². The fraction of sp³-hybridized carbons (Fsp3) is 0.533. The normalized spacial score (nSPS) is 17.6. The van der Waals surface area contributed by atoms with Crippen LogP contribution < -0.4 is 0 Å². The summed E-state index contributed by atoms with van der Waals surface area (Å²) in [5.41, 5.74) is 0.779. The molecule has 0 radical (unpaired) electrons.